The summed E-state index contributed by atoms with van der Waals surface area (Å²) in [6.07, 6.45) is 4.87. The van der Waals surface area contributed by atoms with Gasteiger partial charge in [0.25, 0.3) is 5.92 Å². The Morgan fingerprint density at radius 3 is 2.81 bits per heavy atom. The molecule has 2 aromatic heterocycles. The van der Waals surface area contributed by atoms with Gasteiger partial charge in [-0.05, 0) is 35.2 Å². The number of rotatable bonds is 3. The van der Waals surface area contributed by atoms with Crippen molar-refractivity contribution in [3.8, 4) is 17.0 Å². The van der Waals surface area contributed by atoms with Crippen LogP contribution in [0.2, 0.25) is 0 Å². The molecule has 0 amide bonds. The second kappa shape index (κ2) is 6.62. The zero-order valence-electron chi connectivity index (χ0n) is 14.4. The van der Waals surface area contributed by atoms with Crippen molar-refractivity contribution in [1.29, 1.82) is 0 Å². The van der Waals surface area contributed by atoms with Gasteiger partial charge in [0.05, 0.1) is 12.3 Å². The summed E-state index contributed by atoms with van der Waals surface area (Å²) in [6.45, 7) is 0. The summed E-state index contributed by atoms with van der Waals surface area (Å²) in [5.41, 5.74) is 1.31. The van der Waals surface area contributed by atoms with Crippen molar-refractivity contribution < 1.29 is 18.6 Å². The monoisotopic (exact) mass is 370 g/mol. The van der Waals surface area contributed by atoms with Gasteiger partial charge in [-0.2, -0.15) is 0 Å². The number of nitrogens with zero attached hydrogens (tertiary/aromatic N) is 4. The number of benzene rings is 1. The molecule has 1 aromatic carbocycles. The second-order valence-corrected chi connectivity index (χ2v) is 6.47. The summed E-state index contributed by atoms with van der Waals surface area (Å²) in [5.74, 6) is -2.53. The van der Waals surface area contributed by atoms with Gasteiger partial charge in [0.2, 0.25) is 0 Å². The molecule has 0 spiro atoms. The molecule has 0 aliphatic heterocycles. The summed E-state index contributed by atoms with van der Waals surface area (Å²) in [6, 6.07) is 5.19. The summed E-state index contributed by atoms with van der Waals surface area (Å²) >= 11 is 0. The first-order chi connectivity index (χ1) is 12.9. The molecule has 1 N–H and O–H groups in total. The van der Waals surface area contributed by atoms with E-state index in [1.807, 2.05) is 6.07 Å². The van der Waals surface area contributed by atoms with Crippen molar-refractivity contribution in [2.75, 3.05) is 7.11 Å². The summed E-state index contributed by atoms with van der Waals surface area (Å²) in [4.78, 5) is 8.20. The fraction of sp³-hybridized carbons (Fsp3) is 0.263. The maximum Gasteiger partial charge on any atom is 0.254 e. The van der Waals surface area contributed by atoms with Gasteiger partial charge in [-0.15, -0.1) is 10.2 Å². The van der Waals surface area contributed by atoms with Crippen molar-refractivity contribution in [1.82, 2.24) is 20.2 Å². The minimum Gasteiger partial charge on any atom is -0.507 e. The van der Waals surface area contributed by atoms with Crippen LogP contribution in [-0.2, 0) is 4.74 Å². The summed E-state index contributed by atoms with van der Waals surface area (Å²) in [5, 5.41) is 20.0. The highest BCUT2D eigenvalue weighted by molar-refractivity contribution is 5.89. The molecule has 1 atom stereocenters. The molecule has 2 heterocycles. The minimum absolute atomic E-state index is 0.0348. The lowest BCUT2D eigenvalue weighted by Gasteiger charge is -2.08. The number of phenols is 1. The third-order valence-electron chi connectivity index (χ3n) is 4.57. The molecule has 6 nitrogen and oxygen atoms in total. The lowest BCUT2D eigenvalue weighted by Crippen LogP contribution is -2.13. The van der Waals surface area contributed by atoms with E-state index in [9.17, 15) is 13.9 Å². The number of methoxy groups -OCH3 is 1. The molecule has 138 valence electrons. The van der Waals surface area contributed by atoms with E-state index in [1.165, 1.54) is 19.4 Å². The Morgan fingerprint density at radius 1 is 1.22 bits per heavy atom. The fourth-order valence-electron chi connectivity index (χ4n) is 3.23. The van der Waals surface area contributed by atoms with Crippen LogP contribution in [0.1, 0.15) is 18.7 Å². The highest BCUT2D eigenvalue weighted by atomic mass is 19.3. The normalized spacial score (nSPS) is 20.4. The molecule has 0 bridgehead atoms. The predicted octanol–water partition coefficient (Wildman–Crippen LogP) is 3.62. The predicted molar refractivity (Wildman–Crippen MR) is 95.2 cm³/mol. The van der Waals surface area contributed by atoms with Crippen LogP contribution in [-0.4, -0.2) is 44.4 Å². The number of fused-ring (bicyclic) bond motifs is 1. The number of pyridine rings is 1. The van der Waals surface area contributed by atoms with E-state index in [-0.39, 0.29) is 24.4 Å². The molecule has 1 saturated carbocycles. The largest absolute Gasteiger partial charge is 0.507 e. The first kappa shape index (κ1) is 17.4. The fourth-order valence-corrected chi connectivity index (χ4v) is 3.23. The molecule has 3 aromatic rings. The van der Waals surface area contributed by atoms with Crippen molar-refractivity contribution in [3.63, 3.8) is 0 Å². The quantitative estimate of drug-likeness (QED) is 0.758. The van der Waals surface area contributed by atoms with Crippen LogP contribution in [0.25, 0.3) is 28.1 Å². The Labute approximate surface area is 153 Å². The van der Waals surface area contributed by atoms with Gasteiger partial charge in [0.1, 0.15) is 11.4 Å². The van der Waals surface area contributed by atoms with E-state index < -0.39 is 12.0 Å². The molecule has 0 radical (unpaired) electrons. The van der Waals surface area contributed by atoms with E-state index in [1.54, 1.807) is 24.5 Å². The Morgan fingerprint density at radius 2 is 2.07 bits per heavy atom. The first-order valence-electron chi connectivity index (χ1n) is 8.33. The lowest BCUT2D eigenvalue weighted by molar-refractivity contribution is -0.00991. The average Bonchev–Trinajstić information content (AvgIpc) is 2.95. The third kappa shape index (κ3) is 3.48. The van der Waals surface area contributed by atoms with Gasteiger partial charge in [-0.25, -0.2) is 13.8 Å². The number of hydrogen-bond donors (Lipinski definition) is 1. The number of aromatic hydroxyl groups is 1. The Hall–Kier alpha value is -3.00. The van der Waals surface area contributed by atoms with Gasteiger partial charge in [-0.1, -0.05) is 0 Å². The maximum absolute atomic E-state index is 13.6. The highest BCUT2D eigenvalue weighted by Gasteiger charge is 2.43. The summed E-state index contributed by atoms with van der Waals surface area (Å²) < 4.78 is 32.3. The Bertz CT molecular complexity index is 1020. The van der Waals surface area contributed by atoms with Crippen LogP contribution < -0.4 is 0 Å². The van der Waals surface area contributed by atoms with Gasteiger partial charge < -0.3 is 9.84 Å². The number of aromatic nitrogens is 4. The topological polar surface area (TPSA) is 81.0 Å². The molecule has 8 heteroatoms. The Kier molecular flexibility index (Phi) is 4.27. The van der Waals surface area contributed by atoms with E-state index >= 15 is 0 Å². The SMILES string of the molecule is CO[C@H]1CC(F)(F)C/C1=C/c1ncc(-c2cc3ccncc3cc2O)nn1. The summed E-state index contributed by atoms with van der Waals surface area (Å²) in [7, 11) is 1.40. The number of alkyl halides is 2. The molecule has 0 unspecified atom stereocenters. The standard InChI is InChI=1S/C19H16F2N4O2/c1-27-17-8-19(20,21)7-12(17)6-18-23-10-15(24-25-18)14-4-11-2-3-22-9-13(11)5-16(14)26/h2-6,9-10,17,26H,7-8H2,1H3/b12-6-/t17-/m0/s1. The zero-order valence-corrected chi connectivity index (χ0v) is 14.4. The van der Waals surface area contributed by atoms with E-state index in [2.05, 4.69) is 20.2 Å². The molecule has 1 aliphatic carbocycles. The molecule has 1 fully saturated rings. The smallest absolute Gasteiger partial charge is 0.254 e. The molecular weight excluding hydrogens is 354 g/mol. The Balaban J connectivity index is 1.65. The zero-order chi connectivity index (χ0) is 19.0. The van der Waals surface area contributed by atoms with Crippen LogP contribution in [0.3, 0.4) is 0 Å². The van der Waals surface area contributed by atoms with E-state index in [4.69, 9.17) is 4.74 Å². The molecule has 27 heavy (non-hydrogen) atoms. The van der Waals surface area contributed by atoms with Crippen molar-refractivity contribution in [2.24, 2.45) is 0 Å². The van der Waals surface area contributed by atoms with Gasteiger partial charge in [0.15, 0.2) is 5.82 Å². The van der Waals surface area contributed by atoms with E-state index in [0.29, 0.717) is 16.8 Å². The van der Waals surface area contributed by atoms with Crippen LogP contribution in [0, 0.1) is 0 Å². The second-order valence-electron chi connectivity index (χ2n) is 6.47. The number of halogens is 2. The average molecular weight is 370 g/mol. The van der Waals surface area contributed by atoms with Gasteiger partial charge >= 0.3 is 0 Å². The third-order valence-corrected chi connectivity index (χ3v) is 4.57. The van der Waals surface area contributed by atoms with Crippen LogP contribution in [0.5, 0.6) is 5.75 Å². The first-order valence-corrected chi connectivity index (χ1v) is 8.33. The van der Waals surface area contributed by atoms with Crippen LogP contribution in [0.4, 0.5) is 8.78 Å². The molecule has 1 aliphatic rings. The van der Waals surface area contributed by atoms with Crippen LogP contribution >= 0.6 is 0 Å². The highest BCUT2D eigenvalue weighted by Crippen LogP contribution is 2.40. The number of phenolic OH excluding ortho intramolecular Hbond substituents is 1. The van der Waals surface area contributed by atoms with Crippen molar-refractivity contribution in [2.45, 2.75) is 24.9 Å². The lowest BCUT2D eigenvalue weighted by atomic mass is 10.1. The van der Waals surface area contributed by atoms with E-state index in [0.717, 1.165) is 10.8 Å². The van der Waals surface area contributed by atoms with Crippen molar-refractivity contribution >= 4 is 16.8 Å². The minimum atomic E-state index is -2.79. The van der Waals surface area contributed by atoms with Crippen molar-refractivity contribution in [3.05, 3.63) is 48.2 Å². The molecular formula is C19H16F2N4O2. The number of hydrogen-bond acceptors (Lipinski definition) is 6. The van der Waals surface area contributed by atoms with Gasteiger partial charge in [0, 0.05) is 43.3 Å². The molecule has 0 saturated heterocycles. The number of ether oxygens (including phenoxy) is 1. The van der Waals surface area contributed by atoms with Crippen LogP contribution in [0.15, 0.2) is 42.4 Å². The molecule has 4 rings (SSSR count). The van der Waals surface area contributed by atoms with Gasteiger partial charge in [-0.3, -0.25) is 4.98 Å². The maximum atomic E-state index is 13.6.